The molecule has 0 aliphatic rings. The summed E-state index contributed by atoms with van der Waals surface area (Å²) in [5, 5.41) is 3.26. The van der Waals surface area contributed by atoms with Gasteiger partial charge in [-0.3, -0.25) is 4.79 Å². The molecule has 0 saturated heterocycles. The Balaban J connectivity index is 3.75. The van der Waals surface area contributed by atoms with Gasteiger partial charge in [-0.2, -0.15) is 25.3 Å². The highest BCUT2D eigenvalue weighted by atomic mass is 32.2. The number of nitrogens with zero attached hydrogens (tertiary/aromatic N) is 1. The third-order valence-electron chi connectivity index (χ3n) is 3.85. The molecule has 9 heteroatoms. The first kappa shape index (κ1) is 24.0. The van der Waals surface area contributed by atoms with Crippen LogP contribution in [0.5, 0.6) is 0 Å². The molecule has 0 aliphatic heterocycles. The molecule has 1 N–H and O–H groups in total. The van der Waals surface area contributed by atoms with Crippen molar-refractivity contribution in [3.63, 3.8) is 0 Å². The number of amides is 1. The first-order chi connectivity index (χ1) is 11.1. The number of hydrogen-bond donors (Lipinski definition) is 3. The molecular weight excluding hydrogens is 368 g/mol. The van der Waals surface area contributed by atoms with E-state index in [9.17, 15) is 17.8 Å². The maximum absolute atomic E-state index is 11.8. The highest BCUT2D eigenvalue weighted by Gasteiger charge is 2.15. The first-order valence-electron chi connectivity index (χ1n) is 8.37. The van der Waals surface area contributed by atoms with Crippen molar-refractivity contribution in [2.24, 2.45) is 0 Å². The number of carbonyl (C=O) groups excluding carboxylic acids is 1. The molecule has 1 atom stereocenters. The van der Waals surface area contributed by atoms with Crippen molar-refractivity contribution < 1.29 is 22.2 Å². The van der Waals surface area contributed by atoms with E-state index in [1.54, 1.807) is 0 Å². The van der Waals surface area contributed by atoms with Crippen molar-refractivity contribution in [3.05, 3.63) is 0 Å². The number of quaternary nitrogens is 1. The van der Waals surface area contributed by atoms with Crippen molar-refractivity contribution in [1.29, 1.82) is 0 Å². The van der Waals surface area contributed by atoms with E-state index in [-0.39, 0.29) is 11.7 Å². The van der Waals surface area contributed by atoms with E-state index in [0.29, 0.717) is 42.2 Å². The van der Waals surface area contributed by atoms with Gasteiger partial charge in [0.25, 0.3) is 0 Å². The maximum Gasteiger partial charge on any atom is 0.220 e. The summed E-state index contributed by atoms with van der Waals surface area (Å²) in [5.74, 6) is 0.547. The Labute approximate surface area is 157 Å². The van der Waals surface area contributed by atoms with Crippen LogP contribution >= 0.6 is 25.3 Å². The van der Waals surface area contributed by atoms with Crippen molar-refractivity contribution in [3.8, 4) is 0 Å². The van der Waals surface area contributed by atoms with Gasteiger partial charge in [-0.05, 0) is 25.0 Å². The van der Waals surface area contributed by atoms with Crippen LogP contribution in [0.25, 0.3) is 0 Å². The van der Waals surface area contributed by atoms with Crippen molar-refractivity contribution >= 4 is 41.3 Å². The van der Waals surface area contributed by atoms with Crippen LogP contribution < -0.4 is 5.32 Å². The Hall–Kier alpha value is 0.0400. The van der Waals surface area contributed by atoms with Gasteiger partial charge in [0.15, 0.2) is 0 Å². The van der Waals surface area contributed by atoms with Crippen molar-refractivity contribution in [2.45, 2.75) is 43.8 Å². The summed E-state index contributed by atoms with van der Waals surface area (Å²) in [6.07, 6.45) is 4.69. The monoisotopic (exact) mass is 400 g/mol. The van der Waals surface area contributed by atoms with Crippen LogP contribution in [-0.4, -0.2) is 73.8 Å². The molecule has 1 unspecified atom stereocenters. The van der Waals surface area contributed by atoms with Crippen molar-refractivity contribution in [2.75, 3.05) is 45.2 Å². The van der Waals surface area contributed by atoms with E-state index in [0.717, 1.165) is 31.4 Å². The summed E-state index contributed by atoms with van der Waals surface area (Å²) >= 11 is 8.63. The fourth-order valence-corrected chi connectivity index (χ4v) is 3.64. The molecule has 0 aromatic rings. The van der Waals surface area contributed by atoms with Crippen LogP contribution in [0.1, 0.15) is 38.5 Å². The highest BCUT2D eigenvalue weighted by molar-refractivity contribution is 7.85. The predicted octanol–water partition coefficient (Wildman–Crippen LogP) is 1.29. The number of nitrogens with one attached hydrogen (secondary N) is 1. The smallest absolute Gasteiger partial charge is 0.220 e. The minimum atomic E-state index is -4.14. The van der Waals surface area contributed by atoms with E-state index in [1.165, 1.54) is 0 Å². The lowest BCUT2D eigenvalue weighted by atomic mass is 10.1. The number of thiol groups is 2. The predicted molar refractivity (Wildman–Crippen MR) is 104 cm³/mol. The zero-order valence-electron chi connectivity index (χ0n) is 14.7. The summed E-state index contributed by atoms with van der Waals surface area (Å²) in [6.45, 7) is 1.84. The third-order valence-corrected chi connectivity index (χ3v) is 5.41. The fourth-order valence-electron chi connectivity index (χ4n) is 2.33. The minimum Gasteiger partial charge on any atom is -0.748 e. The van der Waals surface area contributed by atoms with Crippen LogP contribution in [0.3, 0.4) is 0 Å². The highest BCUT2D eigenvalue weighted by Crippen LogP contribution is 2.12. The lowest BCUT2D eigenvalue weighted by molar-refractivity contribution is -0.889. The van der Waals surface area contributed by atoms with Crippen LogP contribution in [0.4, 0.5) is 0 Å². The molecule has 1 amide bonds. The summed E-state index contributed by atoms with van der Waals surface area (Å²) < 4.78 is 32.4. The zero-order chi connectivity index (χ0) is 18.6. The van der Waals surface area contributed by atoms with E-state index in [1.807, 2.05) is 14.1 Å². The lowest BCUT2D eigenvalue weighted by Gasteiger charge is -2.30. The number of likely N-dealkylation sites (N-methyl/N-ethyl adjacent to an activating group) is 1. The van der Waals surface area contributed by atoms with Crippen molar-refractivity contribution in [1.82, 2.24) is 5.32 Å². The molecule has 144 valence electrons. The summed E-state index contributed by atoms with van der Waals surface area (Å²) in [6, 6.07) is 0. The van der Waals surface area contributed by atoms with Gasteiger partial charge in [-0.1, -0.05) is 6.42 Å². The Bertz CT molecular complexity index is 456. The SMILES string of the molecule is C[N+](C)(CCCS(=O)(=O)[O-])CCNC(=O)CCCCC(S)CCS. The average Bonchev–Trinajstić information content (AvgIpc) is 2.42. The quantitative estimate of drug-likeness (QED) is 0.177. The number of rotatable bonds is 14. The maximum atomic E-state index is 11.8. The summed E-state index contributed by atoms with van der Waals surface area (Å²) in [5.41, 5.74) is 0. The molecular formula is C15H32N2O4S3. The number of unbranched alkanes of at least 4 members (excludes halogenated alkanes) is 1. The van der Waals surface area contributed by atoms with Crippen LogP contribution in [-0.2, 0) is 14.9 Å². The number of carbonyl (C=O) groups is 1. The Morgan fingerprint density at radius 3 is 2.42 bits per heavy atom. The molecule has 6 nitrogen and oxygen atoms in total. The second kappa shape index (κ2) is 12.4. The molecule has 0 aromatic heterocycles. The Morgan fingerprint density at radius 1 is 1.17 bits per heavy atom. The van der Waals surface area contributed by atoms with Crippen LogP contribution in [0, 0.1) is 0 Å². The second-order valence-corrected chi connectivity index (χ2v) is 9.46. The lowest BCUT2D eigenvalue weighted by Crippen LogP contribution is -2.46. The molecule has 0 bridgehead atoms. The van der Waals surface area contributed by atoms with E-state index in [4.69, 9.17) is 0 Å². The Morgan fingerprint density at radius 2 is 1.83 bits per heavy atom. The molecule has 0 aromatic carbocycles. The van der Waals surface area contributed by atoms with E-state index >= 15 is 0 Å². The minimum absolute atomic E-state index is 0.0436. The van der Waals surface area contributed by atoms with Gasteiger partial charge in [-0.25, -0.2) is 8.42 Å². The largest absolute Gasteiger partial charge is 0.748 e. The summed E-state index contributed by atoms with van der Waals surface area (Å²) in [4.78, 5) is 11.8. The fraction of sp³-hybridized carbons (Fsp3) is 0.933. The zero-order valence-corrected chi connectivity index (χ0v) is 17.3. The van der Waals surface area contributed by atoms with E-state index in [2.05, 4.69) is 30.6 Å². The molecule has 0 aliphatic carbocycles. The van der Waals surface area contributed by atoms with Gasteiger partial charge in [0.1, 0.15) is 0 Å². The second-order valence-electron chi connectivity index (χ2n) is 6.76. The number of hydrogen-bond acceptors (Lipinski definition) is 6. The van der Waals surface area contributed by atoms with Gasteiger partial charge in [0.2, 0.25) is 5.91 Å². The molecule has 0 spiro atoms. The van der Waals surface area contributed by atoms with Crippen LogP contribution in [0.15, 0.2) is 0 Å². The Kier molecular flexibility index (Phi) is 12.4. The molecule has 24 heavy (non-hydrogen) atoms. The normalized spacial score (nSPS) is 13.7. The average molecular weight is 401 g/mol. The van der Waals surface area contributed by atoms with Gasteiger partial charge >= 0.3 is 0 Å². The first-order valence-corrected chi connectivity index (χ1v) is 11.1. The van der Waals surface area contributed by atoms with Crippen LogP contribution in [0.2, 0.25) is 0 Å². The molecule has 0 radical (unpaired) electrons. The molecule has 0 fully saturated rings. The van der Waals surface area contributed by atoms with E-state index < -0.39 is 10.1 Å². The van der Waals surface area contributed by atoms with Gasteiger partial charge < -0.3 is 14.4 Å². The van der Waals surface area contributed by atoms with Gasteiger partial charge in [0, 0.05) is 23.8 Å². The van der Waals surface area contributed by atoms with Gasteiger partial charge in [0.05, 0.1) is 43.8 Å². The molecule has 0 rings (SSSR count). The molecule has 0 saturated carbocycles. The van der Waals surface area contributed by atoms with Gasteiger partial charge in [-0.15, -0.1) is 0 Å². The standard InChI is InChI=1S/C15H32N2O4S3/c1-17(2,10-5-13-24(19,20)21)11-9-16-15(18)7-4-3-6-14(23)8-12-22/h14H,3-13H2,1-2H3,(H3-,16,18,19,20,21,22,23). The topological polar surface area (TPSA) is 86.3 Å². The summed E-state index contributed by atoms with van der Waals surface area (Å²) in [7, 11) is -0.230. The molecule has 0 heterocycles. The third kappa shape index (κ3) is 15.6.